The second kappa shape index (κ2) is 5.87. The first-order valence-electron chi connectivity index (χ1n) is 5.03. The molecule has 0 saturated carbocycles. The van der Waals surface area contributed by atoms with Crippen molar-refractivity contribution in [3.05, 3.63) is 58.2 Å². The van der Waals surface area contributed by atoms with Crippen LogP contribution in [0, 0.1) is 0 Å². The van der Waals surface area contributed by atoms with Gasteiger partial charge in [0.05, 0.1) is 13.1 Å². The first kappa shape index (κ1) is 12.2. The van der Waals surface area contributed by atoms with E-state index in [9.17, 15) is 9.59 Å². The lowest BCUT2D eigenvalue weighted by atomic mass is 10.5. The lowest BCUT2D eigenvalue weighted by Gasteiger charge is -2.16. The Kier molecular flexibility index (Phi) is 4.47. The van der Waals surface area contributed by atoms with Crippen LogP contribution >= 0.6 is 0 Å². The van der Waals surface area contributed by atoms with E-state index in [0.717, 1.165) is 4.90 Å². The highest BCUT2D eigenvalue weighted by Crippen LogP contribution is 1.66. The van der Waals surface area contributed by atoms with E-state index in [1.807, 2.05) is 0 Å². The van der Waals surface area contributed by atoms with Crippen LogP contribution in [0.4, 0.5) is 0 Å². The Morgan fingerprint density at radius 3 is 2.44 bits per heavy atom. The van der Waals surface area contributed by atoms with E-state index in [-0.39, 0.29) is 11.1 Å². The average molecular weight is 222 g/mol. The summed E-state index contributed by atoms with van der Waals surface area (Å²) in [6, 6.07) is 2.48. The molecule has 0 aliphatic heterocycles. The van der Waals surface area contributed by atoms with Crippen molar-refractivity contribution in [3.8, 4) is 0 Å². The Balaban J connectivity index is 2.87. The maximum absolute atomic E-state index is 11.4. The average Bonchev–Trinajstić information content (AvgIpc) is 2.24. The van der Waals surface area contributed by atoms with Gasteiger partial charge in [-0.2, -0.15) is 4.68 Å². The van der Waals surface area contributed by atoms with Gasteiger partial charge in [-0.1, -0.05) is 13.2 Å². The van der Waals surface area contributed by atoms with Crippen LogP contribution in [0.3, 0.4) is 0 Å². The van der Waals surface area contributed by atoms with E-state index < -0.39 is 0 Å². The smallest absolute Gasteiger partial charge is 0.269 e. The van der Waals surface area contributed by atoms with Gasteiger partial charge in [-0.25, -0.2) is 0 Å². The molecule has 5 nitrogen and oxygen atoms in total. The lowest BCUT2D eigenvalue weighted by molar-refractivity contribution is -0.912. The first-order valence-corrected chi connectivity index (χ1v) is 5.03. The molecular weight excluding hydrogens is 206 g/mol. The second-order valence-electron chi connectivity index (χ2n) is 3.47. The van der Waals surface area contributed by atoms with E-state index in [1.165, 1.54) is 16.8 Å². The molecular formula is C11H16N3O2+. The Bertz CT molecular complexity index is 463. The minimum atomic E-state index is -0.281. The molecule has 0 saturated heterocycles. The van der Waals surface area contributed by atoms with Gasteiger partial charge in [0.15, 0.2) is 6.67 Å². The SMILES string of the molecule is C=CC[NH+](CC=C)Cn1[nH]c(=O)ccc1=O. The van der Waals surface area contributed by atoms with Crippen molar-refractivity contribution >= 4 is 0 Å². The number of quaternary nitrogens is 1. The zero-order valence-electron chi connectivity index (χ0n) is 9.11. The van der Waals surface area contributed by atoms with Crippen LogP contribution in [0.5, 0.6) is 0 Å². The van der Waals surface area contributed by atoms with Gasteiger partial charge in [0.2, 0.25) is 0 Å². The minimum absolute atomic E-state index is 0.217. The summed E-state index contributed by atoms with van der Waals surface area (Å²) in [4.78, 5) is 23.6. The van der Waals surface area contributed by atoms with E-state index in [0.29, 0.717) is 19.8 Å². The van der Waals surface area contributed by atoms with Crippen LogP contribution in [-0.4, -0.2) is 22.9 Å². The molecule has 0 atom stereocenters. The van der Waals surface area contributed by atoms with Gasteiger partial charge >= 0.3 is 0 Å². The summed E-state index contributed by atoms with van der Waals surface area (Å²) in [5.74, 6) is 0. The highest BCUT2D eigenvalue weighted by atomic mass is 16.1. The Morgan fingerprint density at radius 2 is 1.88 bits per heavy atom. The largest absolute Gasteiger partial charge is 0.310 e. The highest BCUT2D eigenvalue weighted by Gasteiger charge is 2.06. The van der Waals surface area contributed by atoms with Gasteiger partial charge in [-0.05, 0) is 12.2 Å². The van der Waals surface area contributed by atoms with E-state index in [2.05, 4.69) is 18.3 Å². The third-order valence-corrected chi connectivity index (χ3v) is 2.14. The summed E-state index contributed by atoms with van der Waals surface area (Å²) in [5.41, 5.74) is -0.499. The molecule has 0 aliphatic rings. The summed E-state index contributed by atoms with van der Waals surface area (Å²) < 4.78 is 1.30. The van der Waals surface area contributed by atoms with Crippen molar-refractivity contribution in [2.45, 2.75) is 6.67 Å². The number of aromatic amines is 1. The summed E-state index contributed by atoms with van der Waals surface area (Å²) in [6.07, 6.45) is 3.54. The molecule has 0 bridgehead atoms. The zero-order chi connectivity index (χ0) is 12.0. The molecule has 0 spiro atoms. The fourth-order valence-electron chi connectivity index (χ4n) is 1.42. The molecule has 0 aromatic carbocycles. The molecule has 0 aliphatic carbocycles. The zero-order valence-corrected chi connectivity index (χ0v) is 9.11. The molecule has 0 unspecified atom stereocenters. The van der Waals surface area contributed by atoms with Crippen LogP contribution in [0.1, 0.15) is 0 Å². The first-order chi connectivity index (χ1) is 7.67. The monoisotopic (exact) mass is 222 g/mol. The molecule has 16 heavy (non-hydrogen) atoms. The van der Waals surface area contributed by atoms with Crippen LogP contribution in [0.2, 0.25) is 0 Å². The molecule has 5 heteroatoms. The van der Waals surface area contributed by atoms with E-state index in [1.54, 1.807) is 12.2 Å². The molecule has 0 fully saturated rings. The number of nitrogens with zero attached hydrogens (tertiary/aromatic N) is 1. The van der Waals surface area contributed by atoms with Gasteiger partial charge < -0.3 is 4.90 Å². The molecule has 1 aromatic rings. The maximum Gasteiger partial charge on any atom is 0.269 e. The number of hydrogen-bond donors (Lipinski definition) is 2. The summed E-state index contributed by atoms with van der Waals surface area (Å²) in [6.45, 7) is 9.10. The van der Waals surface area contributed by atoms with Crippen molar-refractivity contribution in [1.82, 2.24) is 9.78 Å². The standard InChI is InChI=1S/C11H15N3O2/c1-3-7-13(8-4-2)9-14-11(16)6-5-10(15)12-14/h3-6H,1-2,7-9H2,(H,12,15)/p+1. The normalized spacial score (nSPS) is 10.3. The van der Waals surface area contributed by atoms with E-state index in [4.69, 9.17) is 0 Å². The lowest BCUT2D eigenvalue weighted by Crippen LogP contribution is -3.11. The quantitative estimate of drug-likeness (QED) is 0.591. The fraction of sp³-hybridized carbons (Fsp3) is 0.273. The third-order valence-electron chi connectivity index (χ3n) is 2.14. The molecule has 86 valence electrons. The van der Waals surface area contributed by atoms with Crippen molar-refractivity contribution in [3.63, 3.8) is 0 Å². The Morgan fingerprint density at radius 1 is 1.25 bits per heavy atom. The molecule has 1 heterocycles. The van der Waals surface area contributed by atoms with Crippen LogP contribution in [0.25, 0.3) is 0 Å². The van der Waals surface area contributed by atoms with Crippen LogP contribution in [-0.2, 0) is 6.67 Å². The number of H-pyrrole nitrogens is 1. The molecule has 0 radical (unpaired) electrons. The van der Waals surface area contributed by atoms with Gasteiger partial charge in [-0.3, -0.25) is 14.7 Å². The van der Waals surface area contributed by atoms with Crippen molar-refractivity contribution in [2.24, 2.45) is 0 Å². The number of nitrogens with one attached hydrogen (secondary N) is 2. The summed E-state index contributed by atoms with van der Waals surface area (Å²) >= 11 is 0. The third kappa shape index (κ3) is 3.36. The van der Waals surface area contributed by atoms with Crippen molar-refractivity contribution in [2.75, 3.05) is 13.1 Å². The Labute approximate surface area is 93.3 Å². The maximum atomic E-state index is 11.4. The number of aromatic nitrogens is 2. The molecule has 1 rings (SSSR count). The van der Waals surface area contributed by atoms with Crippen molar-refractivity contribution in [1.29, 1.82) is 0 Å². The predicted octanol–water partition coefficient (Wildman–Crippen LogP) is -1.25. The predicted molar refractivity (Wildman–Crippen MR) is 62.4 cm³/mol. The van der Waals surface area contributed by atoms with Crippen molar-refractivity contribution < 1.29 is 4.90 Å². The van der Waals surface area contributed by atoms with Crippen LogP contribution < -0.4 is 16.0 Å². The van der Waals surface area contributed by atoms with Crippen LogP contribution in [0.15, 0.2) is 47.0 Å². The van der Waals surface area contributed by atoms with Gasteiger partial charge in [0, 0.05) is 12.1 Å². The fourth-order valence-corrected chi connectivity index (χ4v) is 1.42. The minimum Gasteiger partial charge on any atom is -0.310 e. The number of hydrogen-bond acceptors (Lipinski definition) is 2. The topological polar surface area (TPSA) is 59.3 Å². The number of rotatable bonds is 6. The van der Waals surface area contributed by atoms with Gasteiger partial charge in [0.25, 0.3) is 11.1 Å². The Hall–Kier alpha value is -1.88. The molecule has 0 amide bonds. The summed E-state index contributed by atoms with van der Waals surface area (Å²) in [7, 11) is 0. The summed E-state index contributed by atoms with van der Waals surface area (Å²) in [5, 5.41) is 2.48. The molecule has 2 N–H and O–H groups in total. The van der Waals surface area contributed by atoms with Gasteiger partial charge in [0.1, 0.15) is 0 Å². The van der Waals surface area contributed by atoms with Gasteiger partial charge in [-0.15, -0.1) is 0 Å². The highest BCUT2D eigenvalue weighted by molar-refractivity contribution is 4.85. The molecule has 1 aromatic heterocycles. The second-order valence-corrected chi connectivity index (χ2v) is 3.47. The van der Waals surface area contributed by atoms with E-state index >= 15 is 0 Å².